The van der Waals surface area contributed by atoms with Crippen LogP contribution >= 0.6 is 0 Å². The summed E-state index contributed by atoms with van der Waals surface area (Å²) in [7, 11) is 0. The van der Waals surface area contributed by atoms with E-state index in [9.17, 15) is 4.79 Å². The Morgan fingerprint density at radius 2 is 2.00 bits per heavy atom. The lowest BCUT2D eigenvalue weighted by atomic mass is 10.0. The minimum Gasteiger partial charge on any atom is -0.443 e. The maximum absolute atomic E-state index is 12.5. The quantitative estimate of drug-likeness (QED) is 0.842. The summed E-state index contributed by atoms with van der Waals surface area (Å²) < 4.78 is 5.56. The van der Waals surface area contributed by atoms with E-state index in [1.165, 1.54) is 0 Å². The number of benzene rings is 1. The molecule has 0 radical (unpaired) electrons. The zero-order valence-corrected chi connectivity index (χ0v) is 12.9. The second-order valence-corrected chi connectivity index (χ2v) is 6.27. The molecule has 1 amide bonds. The van der Waals surface area contributed by atoms with Gasteiger partial charge in [-0.15, -0.1) is 0 Å². The number of anilines is 2. The maximum atomic E-state index is 12.5. The Kier molecular flexibility index (Phi) is 3.93. The van der Waals surface area contributed by atoms with Gasteiger partial charge in [-0.05, 0) is 46.2 Å². The normalized spacial score (nSPS) is 21.9. The molecule has 2 atom stereocenters. The summed E-state index contributed by atoms with van der Waals surface area (Å²) in [5.41, 5.74) is 1.39. The zero-order valence-electron chi connectivity index (χ0n) is 12.9. The molecule has 4 heteroatoms. The summed E-state index contributed by atoms with van der Waals surface area (Å²) in [5, 5.41) is 3.49. The van der Waals surface area contributed by atoms with Crippen molar-refractivity contribution in [2.45, 2.75) is 58.7 Å². The van der Waals surface area contributed by atoms with E-state index in [1.54, 1.807) is 4.90 Å². The van der Waals surface area contributed by atoms with Crippen LogP contribution in [0.4, 0.5) is 16.2 Å². The molecule has 2 unspecified atom stereocenters. The highest BCUT2D eigenvalue weighted by atomic mass is 16.6. The van der Waals surface area contributed by atoms with Crippen LogP contribution in [0, 0.1) is 0 Å². The molecule has 0 saturated heterocycles. The number of nitrogens with zero attached hydrogens (tertiary/aromatic N) is 1. The van der Waals surface area contributed by atoms with Gasteiger partial charge in [0, 0.05) is 6.04 Å². The molecule has 110 valence electrons. The first-order chi connectivity index (χ1) is 9.33. The summed E-state index contributed by atoms with van der Waals surface area (Å²) in [6.07, 6.45) is 0.673. The minimum absolute atomic E-state index is 0.0600. The molecule has 20 heavy (non-hydrogen) atoms. The molecule has 0 aromatic heterocycles. The van der Waals surface area contributed by atoms with Crippen LogP contribution < -0.4 is 10.2 Å². The first-order valence-electron chi connectivity index (χ1n) is 7.21. The van der Waals surface area contributed by atoms with E-state index in [1.807, 2.05) is 45.0 Å². The number of para-hydroxylation sites is 2. The van der Waals surface area contributed by atoms with Crippen LogP contribution in [-0.4, -0.2) is 23.8 Å². The molecule has 1 N–H and O–H groups in total. The molecule has 1 aliphatic heterocycles. The van der Waals surface area contributed by atoms with Crippen molar-refractivity contribution in [3.63, 3.8) is 0 Å². The van der Waals surface area contributed by atoms with Crippen LogP contribution in [0.5, 0.6) is 0 Å². The molecule has 1 heterocycles. The van der Waals surface area contributed by atoms with Crippen LogP contribution in [-0.2, 0) is 4.74 Å². The SMILES string of the molecule is CCC1Nc2ccccc2N(C(=O)OC(C)(C)C)C1C. The third-order valence-corrected chi connectivity index (χ3v) is 3.52. The number of nitrogens with one attached hydrogen (secondary N) is 1. The number of carbonyl (C=O) groups excluding carboxylic acids is 1. The van der Waals surface area contributed by atoms with Crippen molar-refractivity contribution >= 4 is 17.5 Å². The monoisotopic (exact) mass is 276 g/mol. The van der Waals surface area contributed by atoms with Crippen molar-refractivity contribution in [3.05, 3.63) is 24.3 Å². The zero-order chi connectivity index (χ0) is 14.9. The number of carbonyl (C=O) groups is 1. The molecule has 0 spiro atoms. The molecule has 1 aromatic carbocycles. The van der Waals surface area contributed by atoms with Crippen molar-refractivity contribution in [2.75, 3.05) is 10.2 Å². The number of amides is 1. The third kappa shape index (κ3) is 2.89. The third-order valence-electron chi connectivity index (χ3n) is 3.52. The van der Waals surface area contributed by atoms with Crippen LogP contribution in [0.3, 0.4) is 0 Å². The van der Waals surface area contributed by atoms with E-state index < -0.39 is 5.60 Å². The average Bonchev–Trinajstić information content (AvgIpc) is 2.35. The molecule has 1 aliphatic rings. The Morgan fingerprint density at radius 1 is 1.35 bits per heavy atom. The largest absolute Gasteiger partial charge is 0.443 e. The number of fused-ring (bicyclic) bond motifs is 1. The lowest BCUT2D eigenvalue weighted by Crippen LogP contribution is -2.52. The van der Waals surface area contributed by atoms with Crippen molar-refractivity contribution < 1.29 is 9.53 Å². The smallest absolute Gasteiger partial charge is 0.415 e. The number of rotatable bonds is 1. The van der Waals surface area contributed by atoms with E-state index >= 15 is 0 Å². The van der Waals surface area contributed by atoms with E-state index in [4.69, 9.17) is 4.74 Å². The number of hydrogen-bond acceptors (Lipinski definition) is 3. The van der Waals surface area contributed by atoms with Crippen LogP contribution in [0.25, 0.3) is 0 Å². The van der Waals surface area contributed by atoms with Gasteiger partial charge in [0.15, 0.2) is 0 Å². The van der Waals surface area contributed by atoms with Gasteiger partial charge in [-0.1, -0.05) is 19.1 Å². The van der Waals surface area contributed by atoms with Crippen molar-refractivity contribution in [1.82, 2.24) is 0 Å². The molecule has 2 rings (SSSR count). The molecule has 0 fully saturated rings. The van der Waals surface area contributed by atoms with Gasteiger partial charge in [-0.3, -0.25) is 4.90 Å². The fourth-order valence-corrected chi connectivity index (χ4v) is 2.54. The van der Waals surface area contributed by atoms with Gasteiger partial charge in [0.05, 0.1) is 17.4 Å². The first kappa shape index (κ1) is 14.7. The summed E-state index contributed by atoms with van der Waals surface area (Å²) in [4.78, 5) is 14.3. The van der Waals surface area contributed by atoms with Crippen molar-refractivity contribution in [1.29, 1.82) is 0 Å². The van der Waals surface area contributed by atoms with E-state index in [0.29, 0.717) is 0 Å². The lowest BCUT2D eigenvalue weighted by Gasteiger charge is -2.41. The number of ether oxygens (including phenoxy) is 1. The molecule has 0 bridgehead atoms. The molecular weight excluding hydrogens is 252 g/mol. The van der Waals surface area contributed by atoms with Gasteiger partial charge in [-0.2, -0.15) is 0 Å². The van der Waals surface area contributed by atoms with E-state index in [-0.39, 0.29) is 18.2 Å². The Bertz CT molecular complexity index is 493. The lowest BCUT2D eigenvalue weighted by molar-refractivity contribution is 0.0562. The number of hydrogen-bond donors (Lipinski definition) is 1. The van der Waals surface area contributed by atoms with Gasteiger partial charge in [0.25, 0.3) is 0 Å². The van der Waals surface area contributed by atoms with Gasteiger partial charge in [0.2, 0.25) is 0 Å². The van der Waals surface area contributed by atoms with E-state index in [2.05, 4.69) is 19.2 Å². The van der Waals surface area contributed by atoms with Crippen LogP contribution in [0.2, 0.25) is 0 Å². The molecule has 0 aliphatic carbocycles. The molecule has 0 saturated carbocycles. The van der Waals surface area contributed by atoms with Crippen molar-refractivity contribution in [3.8, 4) is 0 Å². The fourth-order valence-electron chi connectivity index (χ4n) is 2.54. The van der Waals surface area contributed by atoms with Crippen LogP contribution in [0.1, 0.15) is 41.0 Å². The predicted molar refractivity (Wildman–Crippen MR) is 82.3 cm³/mol. The Hall–Kier alpha value is -1.71. The Labute approximate surface area is 121 Å². The maximum Gasteiger partial charge on any atom is 0.415 e. The van der Waals surface area contributed by atoms with Gasteiger partial charge < -0.3 is 10.1 Å². The van der Waals surface area contributed by atoms with E-state index in [0.717, 1.165) is 17.8 Å². The first-order valence-corrected chi connectivity index (χ1v) is 7.21. The second-order valence-electron chi connectivity index (χ2n) is 6.27. The fraction of sp³-hybridized carbons (Fsp3) is 0.562. The van der Waals surface area contributed by atoms with Crippen molar-refractivity contribution in [2.24, 2.45) is 0 Å². The summed E-state index contributed by atoms with van der Waals surface area (Å²) in [6, 6.07) is 8.16. The topological polar surface area (TPSA) is 41.6 Å². The highest BCUT2D eigenvalue weighted by molar-refractivity contribution is 5.94. The van der Waals surface area contributed by atoms with Gasteiger partial charge in [-0.25, -0.2) is 4.79 Å². The average molecular weight is 276 g/mol. The standard InChI is InChI=1S/C16H24N2O2/c1-6-12-11(2)18(15(19)20-16(3,4)5)14-10-8-7-9-13(14)17-12/h7-12,17H,6H2,1-5H3. The minimum atomic E-state index is -0.488. The molecule has 4 nitrogen and oxygen atoms in total. The highest BCUT2D eigenvalue weighted by Crippen LogP contribution is 2.35. The predicted octanol–water partition coefficient (Wildman–Crippen LogP) is 4.02. The molecular formula is C16H24N2O2. The summed E-state index contributed by atoms with van der Waals surface area (Å²) >= 11 is 0. The summed E-state index contributed by atoms with van der Waals surface area (Å²) in [6.45, 7) is 9.85. The Morgan fingerprint density at radius 3 is 2.60 bits per heavy atom. The van der Waals surface area contributed by atoms with Gasteiger partial charge >= 0.3 is 6.09 Å². The molecule has 1 aromatic rings. The Balaban J connectivity index is 2.36. The summed E-state index contributed by atoms with van der Waals surface area (Å²) in [5.74, 6) is 0. The van der Waals surface area contributed by atoms with Crippen LogP contribution in [0.15, 0.2) is 24.3 Å². The second kappa shape index (κ2) is 5.35. The van der Waals surface area contributed by atoms with Gasteiger partial charge in [0.1, 0.15) is 5.60 Å². The highest BCUT2D eigenvalue weighted by Gasteiger charge is 2.36.